The normalized spacial score (nSPS) is 17.9. The number of guanidine groups is 1. The van der Waals surface area contributed by atoms with Gasteiger partial charge in [0, 0.05) is 17.1 Å². The molecule has 0 saturated carbocycles. The molecule has 4 rings (SSSR count). The van der Waals surface area contributed by atoms with Crippen molar-refractivity contribution >= 4 is 57.6 Å². The summed E-state index contributed by atoms with van der Waals surface area (Å²) in [5.41, 5.74) is 7.54. The first-order chi connectivity index (χ1) is 15.5. The van der Waals surface area contributed by atoms with Crippen LogP contribution in [0.1, 0.15) is 16.7 Å². The minimum Gasteiger partial charge on any atom is -0.369 e. The van der Waals surface area contributed by atoms with E-state index < -0.39 is 21.4 Å². The maximum absolute atomic E-state index is 13.5. The smallest absolute Gasteiger partial charge is 0.269 e. The summed E-state index contributed by atoms with van der Waals surface area (Å²) in [5, 5.41) is 0.956. The summed E-state index contributed by atoms with van der Waals surface area (Å²) in [6.45, 7) is 0. The lowest BCUT2D eigenvalue weighted by Crippen LogP contribution is -2.41. The average Bonchev–Trinajstić information content (AvgIpc) is 2.97. The monoisotopic (exact) mass is 539 g/mol. The molecule has 0 radical (unpaired) electrons. The lowest BCUT2D eigenvalue weighted by molar-refractivity contribution is -0.129. The van der Waals surface area contributed by atoms with Gasteiger partial charge in [-0.15, -0.1) is 12.4 Å². The molecular weight excluding hydrogens is 521 g/mol. The molecule has 1 aliphatic rings. The molecule has 0 bridgehead atoms. The predicted octanol–water partition coefficient (Wildman–Crippen LogP) is 4.50. The van der Waals surface area contributed by atoms with Crippen LogP contribution in [0.25, 0.3) is 11.1 Å². The van der Waals surface area contributed by atoms with Crippen LogP contribution in [-0.4, -0.2) is 36.8 Å². The van der Waals surface area contributed by atoms with Crippen LogP contribution in [0.2, 0.25) is 10.0 Å². The fourth-order valence-corrected chi connectivity index (χ4v) is 5.02. The van der Waals surface area contributed by atoms with E-state index in [-0.39, 0.29) is 24.3 Å². The Morgan fingerprint density at radius 2 is 1.59 bits per heavy atom. The van der Waals surface area contributed by atoms with Gasteiger partial charge in [-0.05, 0) is 52.1 Å². The molecule has 3 aromatic carbocycles. The number of rotatable bonds is 5. The van der Waals surface area contributed by atoms with Gasteiger partial charge >= 0.3 is 0 Å². The third-order valence-electron chi connectivity index (χ3n) is 5.44. The van der Waals surface area contributed by atoms with Gasteiger partial charge in [0.2, 0.25) is 0 Å². The number of aliphatic imine (C=N–C) groups is 1. The van der Waals surface area contributed by atoms with Gasteiger partial charge in [-0.2, -0.15) is 8.42 Å². The Morgan fingerprint density at radius 1 is 0.971 bits per heavy atom. The third-order valence-corrected chi connectivity index (χ3v) is 6.57. The Bertz CT molecular complexity index is 1370. The summed E-state index contributed by atoms with van der Waals surface area (Å²) in [6.07, 6.45) is 0. The van der Waals surface area contributed by atoms with Crippen molar-refractivity contribution in [2.45, 2.75) is 11.3 Å². The van der Waals surface area contributed by atoms with Crippen molar-refractivity contribution in [3.63, 3.8) is 0 Å². The minimum absolute atomic E-state index is 0. The zero-order chi connectivity index (χ0) is 24.0. The average molecular weight is 541 g/mol. The maximum Gasteiger partial charge on any atom is 0.269 e. The van der Waals surface area contributed by atoms with Crippen molar-refractivity contribution in [3.8, 4) is 11.1 Å². The van der Waals surface area contributed by atoms with Crippen molar-refractivity contribution in [1.82, 2.24) is 4.90 Å². The van der Waals surface area contributed by atoms with E-state index in [4.69, 9.17) is 33.5 Å². The van der Waals surface area contributed by atoms with Crippen molar-refractivity contribution < 1.29 is 17.8 Å². The van der Waals surface area contributed by atoms with Crippen LogP contribution < -0.4 is 5.73 Å². The largest absolute Gasteiger partial charge is 0.369 e. The van der Waals surface area contributed by atoms with Crippen molar-refractivity contribution in [1.29, 1.82) is 0 Å². The SMILES string of the molecule is CN1C(=O)C(c2ccc(CS(=O)(=O)O)cc2)(c2cccc(-c3cc(Cl)cc(Cl)c3)c2)N=C1N.Cl. The fourth-order valence-electron chi connectivity index (χ4n) is 3.88. The highest BCUT2D eigenvalue weighted by atomic mass is 35.5. The van der Waals surface area contributed by atoms with E-state index in [0.717, 1.165) is 11.1 Å². The van der Waals surface area contributed by atoms with Crippen molar-refractivity contribution in [3.05, 3.63) is 93.5 Å². The molecule has 1 atom stereocenters. The molecule has 1 unspecified atom stereocenters. The summed E-state index contributed by atoms with van der Waals surface area (Å²) in [7, 11) is -2.65. The molecule has 1 heterocycles. The molecule has 0 spiro atoms. The first-order valence-corrected chi connectivity index (χ1v) is 12.1. The molecular formula is C23H20Cl3N3O4S. The van der Waals surface area contributed by atoms with Gasteiger partial charge in [0.05, 0.1) is 0 Å². The van der Waals surface area contributed by atoms with Gasteiger partial charge < -0.3 is 5.73 Å². The molecule has 1 aliphatic heterocycles. The van der Waals surface area contributed by atoms with Crippen molar-refractivity contribution in [2.75, 3.05) is 7.05 Å². The zero-order valence-corrected chi connectivity index (χ0v) is 20.9. The number of hydrogen-bond donors (Lipinski definition) is 2. The Morgan fingerprint density at radius 3 is 2.12 bits per heavy atom. The standard InChI is InChI=1S/C23H19Cl2N3O4S.ClH/c1-28-21(29)23(27-22(28)26,17-7-5-14(6-8-17)13-33(30,31)32)18-4-2-3-15(9-18)16-10-19(24)12-20(25)11-16;/h2-12H,13H2,1H3,(H2,26,27)(H,30,31,32);1H. The van der Waals surface area contributed by atoms with E-state index in [1.807, 2.05) is 12.1 Å². The molecule has 3 N–H and O–H groups in total. The number of benzene rings is 3. The molecule has 34 heavy (non-hydrogen) atoms. The quantitative estimate of drug-likeness (QED) is 0.463. The van der Waals surface area contributed by atoms with Gasteiger partial charge in [0.15, 0.2) is 11.5 Å². The van der Waals surface area contributed by atoms with Crippen LogP contribution in [0.15, 0.2) is 71.7 Å². The van der Waals surface area contributed by atoms with Crippen LogP contribution in [0.4, 0.5) is 0 Å². The Labute approximate surface area is 213 Å². The van der Waals surface area contributed by atoms with Gasteiger partial charge in [-0.3, -0.25) is 14.2 Å². The minimum atomic E-state index is -4.19. The second-order valence-corrected chi connectivity index (χ2v) is 10.0. The molecule has 178 valence electrons. The van der Waals surface area contributed by atoms with Crippen LogP contribution in [0, 0.1) is 0 Å². The number of halogens is 3. The van der Waals surface area contributed by atoms with E-state index >= 15 is 0 Å². The Kier molecular flexibility index (Phi) is 7.31. The second-order valence-electron chi connectivity index (χ2n) is 7.71. The van der Waals surface area contributed by atoms with Crippen LogP contribution in [0.5, 0.6) is 0 Å². The van der Waals surface area contributed by atoms with Crippen LogP contribution in [0.3, 0.4) is 0 Å². The molecule has 3 aromatic rings. The number of nitrogens with two attached hydrogens (primary N) is 1. The third kappa shape index (κ3) is 4.92. The molecule has 7 nitrogen and oxygen atoms in total. The number of hydrogen-bond acceptors (Lipinski definition) is 5. The highest BCUT2D eigenvalue weighted by Crippen LogP contribution is 2.41. The highest BCUT2D eigenvalue weighted by molar-refractivity contribution is 7.85. The van der Waals surface area contributed by atoms with Crippen molar-refractivity contribution in [2.24, 2.45) is 10.7 Å². The van der Waals surface area contributed by atoms with E-state index in [0.29, 0.717) is 26.7 Å². The summed E-state index contributed by atoms with van der Waals surface area (Å²) in [5.74, 6) is -0.841. The van der Waals surface area contributed by atoms with Crippen LogP contribution >= 0.6 is 35.6 Å². The molecule has 0 aliphatic carbocycles. The number of carbonyl (C=O) groups excluding carboxylic acids is 1. The molecule has 0 aromatic heterocycles. The van der Waals surface area contributed by atoms with Gasteiger partial charge in [0.1, 0.15) is 5.75 Å². The first kappa shape index (κ1) is 26.0. The second kappa shape index (κ2) is 9.56. The fraction of sp³-hybridized carbons (Fsp3) is 0.130. The lowest BCUT2D eigenvalue weighted by atomic mass is 9.81. The Hall–Kier alpha value is -2.62. The molecule has 11 heteroatoms. The first-order valence-electron chi connectivity index (χ1n) is 9.75. The maximum atomic E-state index is 13.5. The van der Waals surface area contributed by atoms with Crippen LogP contribution in [-0.2, 0) is 26.2 Å². The molecule has 1 amide bonds. The zero-order valence-electron chi connectivity index (χ0n) is 17.8. The van der Waals surface area contributed by atoms with E-state index in [9.17, 15) is 13.2 Å². The summed E-state index contributed by atoms with van der Waals surface area (Å²) < 4.78 is 31.6. The lowest BCUT2D eigenvalue weighted by Gasteiger charge is -2.26. The topological polar surface area (TPSA) is 113 Å². The van der Waals surface area contributed by atoms with Gasteiger partial charge in [-0.25, -0.2) is 4.99 Å². The predicted molar refractivity (Wildman–Crippen MR) is 136 cm³/mol. The van der Waals surface area contributed by atoms with Gasteiger partial charge in [-0.1, -0.05) is 65.7 Å². The number of likely N-dealkylation sites (N-methyl/N-ethyl adjacent to an activating group) is 1. The molecule has 0 saturated heterocycles. The highest BCUT2D eigenvalue weighted by Gasteiger charge is 2.49. The van der Waals surface area contributed by atoms with E-state index in [2.05, 4.69) is 4.99 Å². The number of carbonyl (C=O) groups is 1. The number of amides is 1. The summed E-state index contributed by atoms with van der Waals surface area (Å²) in [6, 6.07) is 18.7. The number of nitrogens with zero attached hydrogens (tertiary/aromatic N) is 2. The Balaban J connectivity index is 0.00000324. The molecule has 0 fully saturated rings. The van der Waals surface area contributed by atoms with E-state index in [1.165, 1.54) is 24.1 Å². The van der Waals surface area contributed by atoms with E-state index in [1.54, 1.807) is 42.5 Å². The summed E-state index contributed by atoms with van der Waals surface area (Å²) in [4.78, 5) is 19.3. The summed E-state index contributed by atoms with van der Waals surface area (Å²) >= 11 is 12.3. The van der Waals surface area contributed by atoms with Gasteiger partial charge in [0.25, 0.3) is 16.0 Å².